The van der Waals surface area contributed by atoms with Gasteiger partial charge in [0.2, 0.25) is 5.91 Å². The van der Waals surface area contributed by atoms with Crippen molar-refractivity contribution in [3.8, 4) is 17.2 Å². The molecule has 0 spiro atoms. The van der Waals surface area contributed by atoms with Gasteiger partial charge in [-0.05, 0) is 67.6 Å². The number of nitrogens with one attached hydrogen (secondary N) is 1. The van der Waals surface area contributed by atoms with Gasteiger partial charge in [-0.15, -0.1) is 5.10 Å². The first-order chi connectivity index (χ1) is 14.9. The van der Waals surface area contributed by atoms with Crippen molar-refractivity contribution in [1.82, 2.24) is 20.2 Å². The largest absolute Gasteiger partial charge is 0.493 e. The molecule has 31 heavy (non-hydrogen) atoms. The summed E-state index contributed by atoms with van der Waals surface area (Å²) in [7, 11) is 0. The van der Waals surface area contributed by atoms with Crippen LogP contribution in [0.5, 0.6) is 11.5 Å². The van der Waals surface area contributed by atoms with Crippen molar-refractivity contribution < 1.29 is 18.7 Å². The highest BCUT2D eigenvalue weighted by Gasteiger charge is 2.21. The molecule has 0 fully saturated rings. The predicted octanol–water partition coefficient (Wildman–Crippen LogP) is 3.48. The van der Waals surface area contributed by atoms with E-state index in [0.717, 1.165) is 17.7 Å². The van der Waals surface area contributed by atoms with Gasteiger partial charge in [-0.1, -0.05) is 0 Å². The molecule has 8 nitrogen and oxygen atoms in total. The van der Waals surface area contributed by atoms with Crippen LogP contribution in [0, 0.1) is 12.7 Å². The molecule has 1 amide bonds. The van der Waals surface area contributed by atoms with Crippen molar-refractivity contribution in [3.63, 3.8) is 0 Å². The van der Waals surface area contributed by atoms with Crippen molar-refractivity contribution in [3.05, 3.63) is 59.2 Å². The summed E-state index contributed by atoms with van der Waals surface area (Å²) < 4.78 is 27.2. The smallest absolute Gasteiger partial charge is 0.248 e. The second kappa shape index (κ2) is 8.55. The molecule has 9 heteroatoms. The fraction of sp³-hybridized carbons (Fsp3) is 0.273. The molecular weight excluding hydrogens is 401 g/mol. The lowest BCUT2D eigenvalue weighted by atomic mass is 10.1. The third kappa shape index (κ3) is 4.40. The fourth-order valence-corrected chi connectivity index (χ4v) is 3.42. The second-order valence-corrected chi connectivity index (χ2v) is 7.19. The van der Waals surface area contributed by atoms with Gasteiger partial charge in [-0.25, -0.2) is 4.39 Å². The standard InChI is InChI=1S/C22H22FN5O3/c1-4-30-20-11-16-9-13(2)31-21(16)10-15(20)5-8-22(29)24-19-12-17(6-7-18(19)23)28-14(3)25-26-27-28/h5-8,10-13H,4,9H2,1-3H3,(H,24,29)/b8-5+. The zero-order valence-electron chi connectivity index (χ0n) is 17.4. The number of aromatic nitrogens is 4. The molecule has 0 aliphatic carbocycles. The van der Waals surface area contributed by atoms with Crippen LogP contribution >= 0.6 is 0 Å². The van der Waals surface area contributed by atoms with E-state index >= 15 is 0 Å². The number of fused-ring (bicyclic) bond motifs is 1. The Morgan fingerprint density at radius 3 is 2.97 bits per heavy atom. The minimum Gasteiger partial charge on any atom is -0.493 e. The van der Waals surface area contributed by atoms with Crippen molar-refractivity contribution in [2.24, 2.45) is 0 Å². The highest BCUT2D eigenvalue weighted by atomic mass is 19.1. The van der Waals surface area contributed by atoms with Gasteiger partial charge in [-0.2, -0.15) is 4.68 Å². The average molecular weight is 423 g/mol. The van der Waals surface area contributed by atoms with Crippen LogP contribution in [0.2, 0.25) is 0 Å². The molecule has 2 heterocycles. The molecule has 0 saturated heterocycles. The van der Waals surface area contributed by atoms with Crippen LogP contribution in [0.3, 0.4) is 0 Å². The highest BCUT2D eigenvalue weighted by Crippen LogP contribution is 2.35. The van der Waals surface area contributed by atoms with Gasteiger partial charge in [0.15, 0.2) is 5.82 Å². The number of anilines is 1. The molecule has 1 aliphatic rings. The van der Waals surface area contributed by atoms with Crippen LogP contribution in [0.25, 0.3) is 11.8 Å². The molecular formula is C22H22FN5O3. The lowest BCUT2D eigenvalue weighted by Gasteiger charge is -2.10. The summed E-state index contributed by atoms with van der Waals surface area (Å²) in [5.41, 5.74) is 2.35. The van der Waals surface area contributed by atoms with Crippen LogP contribution in [-0.4, -0.2) is 38.8 Å². The fourth-order valence-electron chi connectivity index (χ4n) is 3.42. The maximum atomic E-state index is 14.3. The molecule has 0 bridgehead atoms. The van der Waals surface area contributed by atoms with Gasteiger partial charge >= 0.3 is 0 Å². The number of aryl methyl sites for hydroxylation is 1. The lowest BCUT2D eigenvalue weighted by molar-refractivity contribution is -0.111. The van der Waals surface area contributed by atoms with Crippen molar-refractivity contribution in [1.29, 1.82) is 0 Å². The van der Waals surface area contributed by atoms with E-state index in [9.17, 15) is 9.18 Å². The van der Waals surface area contributed by atoms with Gasteiger partial charge in [0.1, 0.15) is 23.4 Å². The van der Waals surface area contributed by atoms with Gasteiger partial charge in [0, 0.05) is 23.6 Å². The molecule has 3 aromatic rings. The number of hydrogen-bond donors (Lipinski definition) is 1. The van der Waals surface area contributed by atoms with Crippen LogP contribution in [-0.2, 0) is 11.2 Å². The summed E-state index contributed by atoms with van der Waals surface area (Å²) in [5.74, 6) is 0.949. The van der Waals surface area contributed by atoms with Gasteiger partial charge in [0.25, 0.3) is 0 Å². The SMILES string of the molecule is CCOc1cc2c(cc1/C=C/C(=O)Nc1cc(-n3nnnc3C)ccc1F)OC(C)C2. The van der Waals surface area contributed by atoms with Crippen LogP contribution in [0.1, 0.15) is 30.8 Å². The number of hydrogen-bond acceptors (Lipinski definition) is 6. The molecule has 1 aliphatic heterocycles. The third-order valence-corrected chi connectivity index (χ3v) is 4.82. The second-order valence-electron chi connectivity index (χ2n) is 7.19. The van der Waals surface area contributed by atoms with Gasteiger partial charge in [-0.3, -0.25) is 4.79 Å². The van der Waals surface area contributed by atoms with Crippen molar-refractivity contribution in [2.45, 2.75) is 33.3 Å². The molecule has 160 valence electrons. The quantitative estimate of drug-likeness (QED) is 0.611. The number of rotatable bonds is 6. The van der Waals surface area contributed by atoms with Crippen molar-refractivity contribution >= 4 is 17.7 Å². The minimum absolute atomic E-state index is 0.0261. The zero-order chi connectivity index (χ0) is 22.0. The van der Waals surface area contributed by atoms with E-state index in [4.69, 9.17) is 9.47 Å². The number of carbonyl (C=O) groups excluding carboxylic acids is 1. The Labute approximate surface area is 178 Å². The Kier molecular flexibility index (Phi) is 5.66. The van der Waals surface area contributed by atoms with Crippen LogP contribution in [0.15, 0.2) is 36.4 Å². The number of ether oxygens (including phenoxy) is 2. The minimum atomic E-state index is -0.564. The van der Waals surface area contributed by atoms with E-state index in [1.807, 2.05) is 26.0 Å². The predicted molar refractivity (Wildman–Crippen MR) is 113 cm³/mol. The topological polar surface area (TPSA) is 91.2 Å². The molecule has 0 saturated carbocycles. The Bertz CT molecular complexity index is 1160. The number of halogens is 1. The number of tetrazole rings is 1. The zero-order valence-corrected chi connectivity index (χ0v) is 17.4. The lowest BCUT2D eigenvalue weighted by Crippen LogP contribution is -2.10. The Morgan fingerprint density at radius 1 is 1.39 bits per heavy atom. The van der Waals surface area contributed by atoms with Crippen LogP contribution < -0.4 is 14.8 Å². The van der Waals surface area contributed by atoms with E-state index in [2.05, 4.69) is 20.8 Å². The molecule has 1 unspecified atom stereocenters. The molecule has 1 aromatic heterocycles. The van der Waals surface area contributed by atoms with E-state index in [1.54, 1.807) is 13.0 Å². The Morgan fingerprint density at radius 2 is 2.23 bits per heavy atom. The number of carbonyl (C=O) groups is 1. The number of nitrogens with zero attached hydrogens (tertiary/aromatic N) is 4. The summed E-state index contributed by atoms with van der Waals surface area (Å²) in [6.07, 6.45) is 3.87. The van der Waals surface area contributed by atoms with E-state index in [-0.39, 0.29) is 11.8 Å². The Balaban J connectivity index is 1.54. The monoisotopic (exact) mass is 423 g/mol. The molecule has 2 aromatic carbocycles. The van der Waals surface area contributed by atoms with E-state index < -0.39 is 11.7 Å². The first-order valence-corrected chi connectivity index (χ1v) is 9.95. The average Bonchev–Trinajstić information content (AvgIpc) is 3.32. The number of benzene rings is 2. The van der Waals surface area contributed by atoms with E-state index in [1.165, 1.54) is 29.0 Å². The van der Waals surface area contributed by atoms with Gasteiger partial charge < -0.3 is 14.8 Å². The van der Waals surface area contributed by atoms with E-state index in [0.29, 0.717) is 29.4 Å². The summed E-state index contributed by atoms with van der Waals surface area (Å²) in [6, 6.07) is 8.06. The first-order valence-electron chi connectivity index (χ1n) is 9.95. The van der Waals surface area contributed by atoms with Crippen LogP contribution in [0.4, 0.5) is 10.1 Å². The molecule has 4 rings (SSSR count). The molecule has 0 radical (unpaired) electrons. The third-order valence-electron chi connectivity index (χ3n) is 4.82. The number of amides is 1. The molecule has 1 N–H and O–H groups in total. The summed E-state index contributed by atoms with van der Waals surface area (Å²) in [4.78, 5) is 12.5. The first kappa shape index (κ1) is 20.5. The van der Waals surface area contributed by atoms with Crippen molar-refractivity contribution in [2.75, 3.05) is 11.9 Å². The summed E-state index contributed by atoms with van der Waals surface area (Å²) in [6.45, 7) is 6.12. The molecule has 1 atom stereocenters. The Hall–Kier alpha value is -3.75. The highest BCUT2D eigenvalue weighted by molar-refractivity contribution is 6.02. The summed E-state index contributed by atoms with van der Waals surface area (Å²) in [5, 5.41) is 13.8. The summed E-state index contributed by atoms with van der Waals surface area (Å²) >= 11 is 0. The van der Waals surface area contributed by atoms with Gasteiger partial charge in [0.05, 0.1) is 18.0 Å². The maximum Gasteiger partial charge on any atom is 0.248 e. The maximum absolute atomic E-state index is 14.3. The normalized spacial score (nSPS) is 15.0.